The van der Waals surface area contributed by atoms with E-state index in [4.69, 9.17) is 9.84 Å². The van der Waals surface area contributed by atoms with Crippen molar-refractivity contribution in [1.29, 1.82) is 0 Å². The molecule has 0 heterocycles. The maximum Gasteiger partial charge on any atom is 0.308 e. The smallest absolute Gasteiger partial charge is 0.308 e. The number of carbonyl (C=O) groups excluding carboxylic acids is 1. The van der Waals surface area contributed by atoms with Gasteiger partial charge in [0.25, 0.3) is 5.91 Å². The highest BCUT2D eigenvalue weighted by Gasteiger charge is 2.21. The van der Waals surface area contributed by atoms with E-state index in [-0.39, 0.29) is 23.8 Å². The first-order valence-corrected chi connectivity index (χ1v) is 6.70. The number of benzene rings is 1. The van der Waals surface area contributed by atoms with Crippen molar-refractivity contribution in [1.82, 2.24) is 5.32 Å². The molecular weight excluding hydrogens is 277 g/mol. The number of hydrogen-bond acceptors (Lipinski definition) is 3. The van der Waals surface area contributed by atoms with Gasteiger partial charge in [-0.2, -0.15) is 0 Å². The van der Waals surface area contributed by atoms with Gasteiger partial charge in [-0.15, -0.1) is 0 Å². The van der Waals surface area contributed by atoms with Gasteiger partial charge in [-0.1, -0.05) is 19.9 Å². The second kappa shape index (κ2) is 7.61. The number of amides is 1. The van der Waals surface area contributed by atoms with Crippen LogP contribution in [0.15, 0.2) is 18.2 Å². The van der Waals surface area contributed by atoms with E-state index in [0.717, 1.165) is 0 Å². The number of carboxylic acids is 1. The molecule has 1 rings (SSSR count). The molecule has 2 N–H and O–H groups in total. The van der Waals surface area contributed by atoms with E-state index in [0.29, 0.717) is 6.42 Å². The molecule has 0 saturated carbocycles. The van der Waals surface area contributed by atoms with Crippen LogP contribution in [0.1, 0.15) is 30.6 Å². The summed E-state index contributed by atoms with van der Waals surface area (Å²) in [5.74, 6) is -2.91. The SMILES string of the molecule is COc1cccc(C(=O)NCC(CC(C)C)C(=O)O)c1F. The Balaban J connectivity index is 2.75. The average Bonchev–Trinajstić information content (AvgIpc) is 2.42. The molecule has 0 aromatic heterocycles. The van der Waals surface area contributed by atoms with E-state index in [1.165, 1.54) is 25.3 Å². The average molecular weight is 297 g/mol. The number of ether oxygens (including phenoxy) is 1. The van der Waals surface area contributed by atoms with Crippen molar-refractivity contribution >= 4 is 11.9 Å². The van der Waals surface area contributed by atoms with Crippen molar-refractivity contribution in [2.45, 2.75) is 20.3 Å². The minimum Gasteiger partial charge on any atom is -0.494 e. The highest BCUT2D eigenvalue weighted by Crippen LogP contribution is 2.20. The summed E-state index contributed by atoms with van der Waals surface area (Å²) in [4.78, 5) is 23.1. The summed E-state index contributed by atoms with van der Waals surface area (Å²) in [5, 5.41) is 11.6. The molecule has 0 spiro atoms. The van der Waals surface area contributed by atoms with Gasteiger partial charge in [0.05, 0.1) is 18.6 Å². The number of hydrogen-bond donors (Lipinski definition) is 2. The first-order valence-electron chi connectivity index (χ1n) is 6.70. The molecule has 0 aliphatic heterocycles. The Morgan fingerprint density at radius 2 is 2.05 bits per heavy atom. The largest absolute Gasteiger partial charge is 0.494 e. The monoisotopic (exact) mass is 297 g/mol. The van der Waals surface area contributed by atoms with E-state index >= 15 is 0 Å². The number of aliphatic carboxylic acids is 1. The molecule has 0 saturated heterocycles. The lowest BCUT2D eigenvalue weighted by molar-refractivity contribution is -0.142. The van der Waals surface area contributed by atoms with Crippen LogP contribution in [0.2, 0.25) is 0 Å². The Morgan fingerprint density at radius 1 is 1.38 bits per heavy atom. The van der Waals surface area contributed by atoms with Crippen LogP contribution in [0.3, 0.4) is 0 Å². The summed E-state index contributed by atoms with van der Waals surface area (Å²) in [5.41, 5.74) is -0.164. The van der Waals surface area contributed by atoms with Crippen molar-refractivity contribution < 1.29 is 23.8 Å². The van der Waals surface area contributed by atoms with E-state index < -0.39 is 23.6 Å². The Kier molecular flexibility index (Phi) is 6.14. The van der Waals surface area contributed by atoms with E-state index in [1.54, 1.807) is 0 Å². The van der Waals surface area contributed by atoms with Gasteiger partial charge in [0.2, 0.25) is 0 Å². The van der Waals surface area contributed by atoms with E-state index in [2.05, 4.69) is 5.32 Å². The highest BCUT2D eigenvalue weighted by atomic mass is 19.1. The Hall–Kier alpha value is -2.11. The van der Waals surface area contributed by atoms with Gasteiger partial charge >= 0.3 is 5.97 Å². The normalized spacial score (nSPS) is 12.0. The minimum atomic E-state index is -0.977. The topological polar surface area (TPSA) is 75.6 Å². The van der Waals surface area contributed by atoms with Crippen molar-refractivity contribution in [3.63, 3.8) is 0 Å². The van der Waals surface area contributed by atoms with Crippen LogP contribution in [-0.4, -0.2) is 30.6 Å². The van der Waals surface area contributed by atoms with Gasteiger partial charge in [-0.3, -0.25) is 9.59 Å². The van der Waals surface area contributed by atoms with Gasteiger partial charge in [0.1, 0.15) is 0 Å². The summed E-state index contributed by atoms with van der Waals surface area (Å²) in [7, 11) is 1.31. The molecule has 0 aliphatic carbocycles. The van der Waals surface area contributed by atoms with Crippen LogP contribution in [-0.2, 0) is 4.79 Å². The molecule has 1 aromatic carbocycles. The molecule has 0 aliphatic rings. The lowest BCUT2D eigenvalue weighted by Crippen LogP contribution is -2.34. The van der Waals surface area contributed by atoms with Crippen LogP contribution < -0.4 is 10.1 Å². The summed E-state index contributed by atoms with van der Waals surface area (Å²) in [6, 6.07) is 4.23. The quantitative estimate of drug-likeness (QED) is 0.810. The van der Waals surface area contributed by atoms with Crippen LogP contribution in [0.25, 0.3) is 0 Å². The van der Waals surface area contributed by atoms with Crippen LogP contribution in [0.4, 0.5) is 4.39 Å². The third-order valence-electron chi connectivity index (χ3n) is 3.04. The lowest BCUT2D eigenvalue weighted by atomic mass is 9.97. The molecule has 0 fully saturated rings. The summed E-state index contributed by atoms with van der Waals surface area (Å²) >= 11 is 0. The molecular formula is C15H20FNO4. The summed E-state index contributed by atoms with van der Waals surface area (Å²) < 4.78 is 18.7. The second-order valence-electron chi connectivity index (χ2n) is 5.20. The van der Waals surface area contributed by atoms with Crippen molar-refractivity contribution in [3.05, 3.63) is 29.6 Å². The molecule has 21 heavy (non-hydrogen) atoms. The third kappa shape index (κ3) is 4.73. The van der Waals surface area contributed by atoms with Gasteiger partial charge < -0.3 is 15.2 Å². The molecule has 5 nitrogen and oxygen atoms in total. The molecule has 116 valence electrons. The number of rotatable bonds is 7. The number of nitrogens with one attached hydrogen (secondary N) is 1. The zero-order valence-electron chi connectivity index (χ0n) is 12.4. The first-order chi connectivity index (χ1) is 9.86. The number of carboxylic acid groups (broad SMARTS) is 1. The van der Waals surface area contributed by atoms with Gasteiger partial charge in [0, 0.05) is 6.54 Å². The molecule has 1 aromatic rings. The fraction of sp³-hybridized carbons (Fsp3) is 0.467. The molecule has 1 unspecified atom stereocenters. The first kappa shape index (κ1) is 16.9. The molecule has 0 bridgehead atoms. The summed E-state index contributed by atoms with van der Waals surface area (Å²) in [6.45, 7) is 3.77. The van der Waals surface area contributed by atoms with Crippen LogP contribution in [0.5, 0.6) is 5.75 Å². The highest BCUT2D eigenvalue weighted by molar-refractivity contribution is 5.95. The maximum atomic E-state index is 13.9. The van der Waals surface area contributed by atoms with Gasteiger partial charge in [-0.05, 0) is 24.5 Å². The molecule has 6 heteroatoms. The molecule has 1 amide bonds. The van der Waals surface area contributed by atoms with Crippen molar-refractivity contribution in [3.8, 4) is 5.75 Å². The number of carbonyl (C=O) groups is 2. The van der Waals surface area contributed by atoms with Crippen LogP contribution >= 0.6 is 0 Å². The predicted octanol–water partition coefficient (Wildman–Crippen LogP) is 2.31. The lowest BCUT2D eigenvalue weighted by Gasteiger charge is -2.15. The van der Waals surface area contributed by atoms with Gasteiger partial charge in [0.15, 0.2) is 11.6 Å². The standard InChI is InChI=1S/C15H20FNO4/c1-9(2)7-10(15(19)20)8-17-14(18)11-5-4-6-12(21-3)13(11)16/h4-6,9-10H,7-8H2,1-3H3,(H,17,18)(H,19,20). The summed E-state index contributed by atoms with van der Waals surface area (Å²) in [6.07, 6.45) is 0.441. The van der Waals surface area contributed by atoms with Crippen molar-refractivity contribution in [2.75, 3.05) is 13.7 Å². The fourth-order valence-electron chi connectivity index (χ4n) is 2.00. The fourth-order valence-corrected chi connectivity index (χ4v) is 2.00. The molecule has 1 atom stereocenters. The third-order valence-corrected chi connectivity index (χ3v) is 3.04. The number of halogens is 1. The Labute approximate surface area is 123 Å². The van der Waals surface area contributed by atoms with E-state index in [1.807, 2.05) is 13.8 Å². The second-order valence-corrected chi connectivity index (χ2v) is 5.20. The maximum absolute atomic E-state index is 13.9. The van der Waals surface area contributed by atoms with E-state index in [9.17, 15) is 14.0 Å². The Morgan fingerprint density at radius 3 is 2.57 bits per heavy atom. The Bertz CT molecular complexity index is 516. The number of methoxy groups -OCH3 is 1. The van der Waals surface area contributed by atoms with Crippen LogP contribution in [0, 0.1) is 17.7 Å². The molecule has 0 radical (unpaired) electrons. The zero-order chi connectivity index (χ0) is 16.0. The minimum absolute atomic E-state index is 0.0281. The predicted molar refractivity (Wildman–Crippen MR) is 75.9 cm³/mol. The van der Waals surface area contributed by atoms with Gasteiger partial charge in [-0.25, -0.2) is 4.39 Å². The van der Waals surface area contributed by atoms with Crippen molar-refractivity contribution in [2.24, 2.45) is 11.8 Å². The zero-order valence-corrected chi connectivity index (χ0v) is 12.4.